The van der Waals surface area contributed by atoms with Crippen LogP contribution in [0.25, 0.3) is 0 Å². The number of rotatable bonds is 7. The Bertz CT molecular complexity index is 600. The van der Waals surface area contributed by atoms with Crippen molar-refractivity contribution in [3.63, 3.8) is 0 Å². The molecule has 0 fully saturated rings. The highest BCUT2D eigenvalue weighted by atomic mass is 32.1. The van der Waals surface area contributed by atoms with E-state index in [1.807, 2.05) is 19.2 Å². The molecule has 0 aliphatic heterocycles. The van der Waals surface area contributed by atoms with Crippen LogP contribution in [0.1, 0.15) is 24.4 Å². The summed E-state index contributed by atoms with van der Waals surface area (Å²) in [6.45, 7) is 4.93. The van der Waals surface area contributed by atoms with Crippen molar-refractivity contribution in [3.8, 4) is 5.75 Å². The molecule has 0 saturated carbocycles. The zero-order valence-electron chi connectivity index (χ0n) is 11.9. The number of nitrogens with one attached hydrogen (secondary N) is 1. The van der Waals surface area contributed by atoms with Crippen molar-refractivity contribution in [3.05, 3.63) is 50.5 Å². The summed E-state index contributed by atoms with van der Waals surface area (Å²) < 4.78 is 5.73. The molecule has 6 nitrogen and oxygen atoms in total. The lowest BCUT2D eigenvalue weighted by molar-refractivity contribution is -0.384. The molecule has 0 saturated heterocycles. The summed E-state index contributed by atoms with van der Waals surface area (Å²) in [4.78, 5) is 14.6. The van der Waals surface area contributed by atoms with E-state index in [0.717, 1.165) is 10.6 Å². The Kier molecular flexibility index (Phi) is 5.24. The Balaban J connectivity index is 2.15. The third kappa shape index (κ3) is 4.51. The smallest absolute Gasteiger partial charge is 0.270 e. The number of nitrogens with zero attached hydrogens (tertiary/aromatic N) is 2. The van der Waals surface area contributed by atoms with E-state index in [9.17, 15) is 10.1 Å². The number of non-ortho nitro benzene ring substituents is 1. The van der Waals surface area contributed by atoms with Crippen LogP contribution in [0, 0.1) is 10.1 Å². The van der Waals surface area contributed by atoms with E-state index in [1.54, 1.807) is 18.3 Å². The molecule has 0 unspecified atom stereocenters. The largest absolute Gasteiger partial charge is 0.486 e. The average Bonchev–Trinajstić information content (AvgIpc) is 2.96. The SMILES string of the molecule is CC(C)NCc1cc([N+](=O)[O-])ccc1OCc1nccs1. The number of benzene rings is 1. The van der Waals surface area contributed by atoms with Gasteiger partial charge in [0, 0.05) is 41.9 Å². The highest BCUT2D eigenvalue weighted by Gasteiger charge is 2.12. The second-order valence-electron chi connectivity index (χ2n) is 4.80. The summed E-state index contributed by atoms with van der Waals surface area (Å²) >= 11 is 1.51. The molecule has 0 amide bonds. The van der Waals surface area contributed by atoms with Gasteiger partial charge in [-0.15, -0.1) is 11.3 Å². The molecular weight excluding hydrogens is 290 g/mol. The Morgan fingerprint density at radius 2 is 2.29 bits per heavy atom. The number of nitro groups is 1. The van der Waals surface area contributed by atoms with Gasteiger partial charge in [-0.1, -0.05) is 13.8 Å². The van der Waals surface area contributed by atoms with Gasteiger partial charge in [0.05, 0.1) is 4.92 Å². The van der Waals surface area contributed by atoms with Crippen molar-refractivity contribution in [2.45, 2.75) is 33.0 Å². The molecular formula is C14H17N3O3S. The monoisotopic (exact) mass is 307 g/mol. The van der Waals surface area contributed by atoms with Crippen LogP contribution < -0.4 is 10.1 Å². The van der Waals surface area contributed by atoms with Crippen LogP contribution in [0.2, 0.25) is 0 Å². The molecule has 112 valence electrons. The standard InChI is InChI=1S/C14H17N3O3S/c1-10(2)16-8-11-7-12(17(18)19)3-4-13(11)20-9-14-15-5-6-21-14/h3-7,10,16H,8-9H2,1-2H3. The number of nitro benzene ring substituents is 1. The Morgan fingerprint density at radius 1 is 1.48 bits per heavy atom. The molecule has 0 aliphatic rings. The first-order valence-electron chi connectivity index (χ1n) is 6.58. The molecule has 7 heteroatoms. The number of ether oxygens (including phenoxy) is 1. The second-order valence-corrected chi connectivity index (χ2v) is 5.78. The lowest BCUT2D eigenvalue weighted by atomic mass is 10.1. The molecule has 2 rings (SSSR count). The summed E-state index contributed by atoms with van der Waals surface area (Å²) in [5, 5.41) is 16.9. The van der Waals surface area contributed by atoms with Crippen LogP contribution in [-0.2, 0) is 13.2 Å². The molecule has 1 aromatic carbocycles. The predicted octanol–water partition coefficient (Wildman–Crippen LogP) is 3.13. The second kappa shape index (κ2) is 7.14. The lowest BCUT2D eigenvalue weighted by Crippen LogP contribution is -2.22. The molecule has 21 heavy (non-hydrogen) atoms. The summed E-state index contributed by atoms with van der Waals surface area (Å²) in [5.41, 5.74) is 0.839. The van der Waals surface area contributed by atoms with Crippen molar-refractivity contribution in [2.75, 3.05) is 0 Å². The Labute approximate surface area is 126 Å². The lowest BCUT2D eigenvalue weighted by Gasteiger charge is -2.13. The molecule has 2 aromatic rings. The van der Waals surface area contributed by atoms with Gasteiger partial charge in [0.25, 0.3) is 5.69 Å². The first-order valence-corrected chi connectivity index (χ1v) is 7.46. The van der Waals surface area contributed by atoms with Gasteiger partial charge in [0.1, 0.15) is 17.4 Å². The van der Waals surface area contributed by atoms with Crippen LogP contribution in [0.15, 0.2) is 29.8 Å². The van der Waals surface area contributed by atoms with E-state index in [-0.39, 0.29) is 11.7 Å². The van der Waals surface area contributed by atoms with E-state index >= 15 is 0 Å². The molecule has 0 aliphatic carbocycles. The molecule has 0 atom stereocenters. The van der Waals surface area contributed by atoms with E-state index in [1.165, 1.54) is 17.4 Å². The van der Waals surface area contributed by atoms with Crippen LogP contribution in [0.5, 0.6) is 5.75 Å². The van der Waals surface area contributed by atoms with Crippen molar-refractivity contribution in [2.24, 2.45) is 0 Å². The van der Waals surface area contributed by atoms with Gasteiger partial charge >= 0.3 is 0 Å². The van der Waals surface area contributed by atoms with E-state index < -0.39 is 4.92 Å². The molecule has 1 aromatic heterocycles. The maximum absolute atomic E-state index is 10.9. The van der Waals surface area contributed by atoms with Crippen molar-refractivity contribution < 1.29 is 9.66 Å². The average molecular weight is 307 g/mol. The van der Waals surface area contributed by atoms with Gasteiger partial charge in [0.15, 0.2) is 0 Å². The van der Waals surface area contributed by atoms with Crippen molar-refractivity contribution >= 4 is 17.0 Å². The number of hydrogen-bond donors (Lipinski definition) is 1. The molecule has 1 N–H and O–H groups in total. The Morgan fingerprint density at radius 3 is 2.90 bits per heavy atom. The fraction of sp³-hybridized carbons (Fsp3) is 0.357. The first kappa shape index (κ1) is 15.4. The summed E-state index contributed by atoms with van der Waals surface area (Å²) in [7, 11) is 0. The molecule has 0 radical (unpaired) electrons. The summed E-state index contributed by atoms with van der Waals surface area (Å²) in [6.07, 6.45) is 1.72. The molecule has 1 heterocycles. The fourth-order valence-corrected chi connectivity index (χ4v) is 2.26. The van der Waals surface area contributed by atoms with Crippen LogP contribution in [0.3, 0.4) is 0 Å². The van der Waals surface area contributed by atoms with Gasteiger partial charge in [-0.2, -0.15) is 0 Å². The van der Waals surface area contributed by atoms with Gasteiger partial charge < -0.3 is 10.1 Å². The minimum Gasteiger partial charge on any atom is -0.486 e. The van der Waals surface area contributed by atoms with Crippen LogP contribution in [0.4, 0.5) is 5.69 Å². The quantitative estimate of drug-likeness (QED) is 0.628. The normalized spacial score (nSPS) is 10.8. The van der Waals surface area contributed by atoms with E-state index in [2.05, 4.69) is 10.3 Å². The maximum Gasteiger partial charge on any atom is 0.270 e. The topological polar surface area (TPSA) is 77.3 Å². The van der Waals surface area contributed by atoms with E-state index in [4.69, 9.17) is 4.74 Å². The van der Waals surface area contributed by atoms with Crippen LogP contribution >= 0.6 is 11.3 Å². The minimum atomic E-state index is -0.399. The molecule has 0 bridgehead atoms. The highest BCUT2D eigenvalue weighted by Crippen LogP contribution is 2.25. The predicted molar refractivity (Wildman–Crippen MR) is 81.5 cm³/mol. The fourth-order valence-electron chi connectivity index (χ4n) is 1.74. The zero-order chi connectivity index (χ0) is 15.2. The third-order valence-corrected chi connectivity index (χ3v) is 3.54. The van der Waals surface area contributed by atoms with Gasteiger partial charge in [-0.25, -0.2) is 4.98 Å². The molecule has 0 spiro atoms. The number of hydrogen-bond acceptors (Lipinski definition) is 6. The first-order chi connectivity index (χ1) is 10.1. The van der Waals surface area contributed by atoms with Crippen LogP contribution in [-0.4, -0.2) is 15.9 Å². The summed E-state index contributed by atoms with van der Waals surface area (Å²) in [5.74, 6) is 0.643. The number of aromatic nitrogens is 1. The Hall–Kier alpha value is -1.99. The van der Waals surface area contributed by atoms with E-state index in [0.29, 0.717) is 18.9 Å². The maximum atomic E-state index is 10.9. The van der Waals surface area contributed by atoms with Gasteiger partial charge in [0.2, 0.25) is 0 Å². The summed E-state index contributed by atoms with van der Waals surface area (Å²) in [6, 6.07) is 4.93. The third-order valence-electron chi connectivity index (χ3n) is 2.79. The minimum absolute atomic E-state index is 0.0668. The van der Waals surface area contributed by atoms with Crippen molar-refractivity contribution in [1.29, 1.82) is 0 Å². The number of thiazole rings is 1. The van der Waals surface area contributed by atoms with Crippen molar-refractivity contribution in [1.82, 2.24) is 10.3 Å². The van der Waals surface area contributed by atoms with Gasteiger partial charge in [-0.05, 0) is 6.07 Å². The highest BCUT2D eigenvalue weighted by molar-refractivity contribution is 7.09. The zero-order valence-corrected chi connectivity index (χ0v) is 12.7. The van der Waals surface area contributed by atoms with Gasteiger partial charge in [-0.3, -0.25) is 10.1 Å².